The summed E-state index contributed by atoms with van der Waals surface area (Å²) in [5, 5.41) is 0.599. The fourth-order valence-corrected chi connectivity index (χ4v) is 2.22. The molecular weight excluding hydrogens is 279 g/mol. The minimum atomic E-state index is 0.456. The molecule has 0 amide bonds. The van der Waals surface area contributed by atoms with E-state index < -0.39 is 0 Å². The minimum Gasteiger partial charge on any atom is -0.487 e. The third kappa shape index (κ3) is 3.65. The van der Waals surface area contributed by atoms with Crippen molar-refractivity contribution < 1.29 is 4.74 Å². The molecule has 0 N–H and O–H groups in total. The molecule has 0 bridgehead atoms. The quantitative estimate of drug-likeness (QED) is 0.698. The van der Waals surface area contributed by atoms with Gasteiger partial charge in [-0.3, -0.25) is 0 Å². The number of ether oxygens (including phenoxy) is 1. The van der Waals surface area contributed by atoms with E-state index in [1.807, 2.05) is 18.2 Å². The lowest BCUT2D eigenvalue weighted by Gasteiger charge is -2.10. The van der Waals surface area contributed by atoms with Gasteiger partial charge in [-0.15, -0.1) is 11.6 Å². The van der Waals surface area contributed by atoms with Crippen LogP contribution in [0.3, 0.4) is 0 Å². The van der Waals surface area contributed by atoms with Gasteiger partial charge in [0.25, 0.3) is 0 Å². The van der Waals surface area contributed by atoms with Gasteiger partial charge >= 0.3 is 0 Å². The molecule has 0 atom stereocenters. The number of hydrogen-bond donors (Lipinski definition) is 0. The Morgan fingerprint density at radius 1 is 0.947 bits per heavy atom. The molecule has 0 aliphatic heterocycles. The Bertz CT molecular complexity index is 579. The average Bonchev–Trinajstić information content (AvgIpc) is 2.41. The third-order valence-electron chi connectivity index (χ3n) is 3.12. The van der Waals surface area contributed by atoms with Gasteiger partial charge in [-0.2, -0.15) is 0 Å². The van der Waals surface area contributed by atoms with Crippen molar-refractivity contribution in [3.63, 3.8) is 0 Å². The molecule has 3 heteroatoms. The van der Waals surface area contributed by atoms with Crippen molar-refractivity contribution in [3.8, 4) is 5.75 Å². The van der Waals surface area contributed by atoms with E-state index in [-0.39, 0.29) is 0 Å². The predicted octanol–water partition coefficient (Wildman–Crippen LogP) is 5.27. The third-order valence-corrected chi connectivity index (χ3v) is 3.72. The zero-order valence-corrected chi connectivity index (χ0v) is 12.6. The van der Waals surface area contributed by atoms with Crippen molar-refractivity contribution in [3.05, 3.63) is 63.7 Å². The highest BCUT2D eigenvalue weighted by atomic mass is 35.5. The van der Waals surface area contributed by atoms with E-state index in [9.17, 15) is 0 Å². The Labute approximate surface area is 124 Å². The molecular formula is C16H16Cl2O. The number of rotatable bonds is 4. The number of hydrogen-bond acceptors (Lipinski definition) is 1. The molecule has 0 saturated carbocycles. The van der Waals surface area contributed by atoms with Crippen LogP contribution in [0.15, 0.2) is 36.4 Å². The molecule has 0 fully saturated rings. The van der Waals surface area contributed by atoms with Crippen LogP contribution in [0.25, 0.3) is 0 Å². The molecule has 0 aromatic heterocycles. The summed E-state index contributed by atoms with van der Waals surface area (Å²) in [6.45, 7) is 4.71. The molecule has 19 heavy (non-hydrogen) atoms. The highest BCUT2D eigenvalue weighted by Crippen LogP contribution is 2.27. The summed E-state index contributed by atoms with van der Waals surface area (Å²) in [6.07, 6.45) is 0. The van der Waals surface area contributed by atoms with Crippen LogP contribution in [0.1, 0.15) is 22.3 Å². The highest BCUT2D eigenvalue weighted by molar-refractivity contribution is 6.32. The summed E-state index contributed by atoms with van der Waals surface area (Å²) in [5.41, 5.74) is 4.68. The lowest BCUT2D eigenvalue weighted by Crippen LogP contribution is -1.97. The predicted molar refractivity (Wildman–Crippen MR) is 81.3 cm³/mol. The SMILES string of the molecule is Cc1ccc(COc2ccc(CCl)cc2Cl)cc1C. The van der Waals surface area contributed by atoms with Crippen LogP contribution in [0.2, 0.25) is 5.02 Å². The van der Waals surface area contributed by atoms with Crippen LogP contribution in [0.5, 0.6) is 5.75 Å². The van der Waals surface area contributed by atoms with E-state index in [2.05, 4.69) is 32.0 Å². The Morgan fingerprint density at radius 2 is 1.68 bits per heavy atom. The van der Waals surface area contributed by atoms with Crippen LogP contribution in [-0.2, 0) is 12.5 Å². The number of aryl methyl sites for hydroxylation is 2. The van der Waals surface area contributed by atoms with Gasteiger partial charge in [0.2, 0.25) is 0 Å². The zero-order valence-electron chi connectivity index (χ0n) is 11.0. The molecule has 1 nitrogen and oxygen atoms in total. The topological polar surface area (TPSA) is 9.23 Å². The lowest BCUT2D eigenvalue weighted by molar-refractivity contribution is 0.306. The van der Waals surface area contributed by atoms with E-state index in [1.165, 1.54) is 11.1 Å². The molecule has 0 aliphatic rings. The van der Waals surface area contributed by atoms with E-state index >= 15 is 0 Å². The Hall–Kier alpha value is -1.18. The number of benzene rings is 2. The van der Waals surface area contributed by atoms with Gasteiger partial charge in [-0.1, -0.05) is 35.9 Å². The zero-order chi connectivity index (χ0) is 13.8. The van der Waals surface area contributed by atoms with Crippen LogP contribution < -0.4 is 4.74 Å². The standard InChI is InChI=1S/C16H16Cl2O/c1-11-3-4-14(7-12(11)2)10-19-16-6-5-13(9-17)8-15(16)18/h3-8H,9-10H2,1-2H3. The van der Waals surface area contributed by atoms with Crippen LogP contribution in [-0.4, -0.2) is 0 Å². The van der Waals surface area contributed by atoms with Crippen molar-refractivity contribution in [2.24, 2.45) is 0 Å². The first-order valence-corrected chi connectivity index (χ1v) is 7.04. The molecule has 2 aromatic carbocycles. The molecule has 100 valence electrons. The smallest absolute Gasteiger partial charge is 0.138 e. The first-order chi connectivity index (χ1) is 9.10. The largest absolute Gasteiger partial charge is 0.487 e. The van der Waals surface area contributed by atoms with E-state index in [0.717, 1.165) is 11.1 Å². The van der Waals surface area contributed by atoms with E-state index in [4.69, 9.17) is 27.9 Å². The van der Waals surface area contributed by atoms with Crippen LogP contribution in [0.4, 0.5) is 0 Å². The fourth-order valence-electron chi connectivity index (χ4n) is 1.80. The van der Waals surface area contributed by atoms with Gasteiger partial charge in [-0.25, -0.2) is 0 Å². The number of alkyl halides is 1. The van der Waals surface area contributed by atoms with E-state index in [0.29, 0.717) is 23.3 Å². The monoisotopic (exact) mass is 294 g/mol. The summed E-state index contributed by atoms with van der Waals surface area (Å²) >= 11 is 11.9. The second-order valence-corrected chi connectivity index (χ2v) is 5.28. The van der Waals surface area contributed by atoms with Gasteiger partial charge in [0.1, 0.15) is 12.4 Å². The number of halogens is 2. The molecule has 0 aliphatic carbocycles. The molecule has 0 radical (unpaired) electrons. The summed E-state index contributed by atoms with van der Waals surface area (Å²) in [6, 6.07) is 11.9. The molecule has 0 heterocycles. The summed E-state index contributed by atoms with van der Waals surface area (Å²) in [7, 11) is 0. The van der Waals surface area contributed by atoms with Gasteiger partial charge in [0, 0.05) is 5.88 Å². The molecule has 2 aromatic rings. The summed E-state index contributed by atoms with van der Waals surface area (Å²) in [4.78, 5) is 0. The maximum Gasteiger partial charge on any atom is 0.138 e. The maximum absolute atomic E-state index is 6.15. The van der Waals surface area contributed by atoms with Crippen molar-refractivity contribution >= 4 is 23.2 Å². The molecule has 2 rings (SSSR count). The van der Waals surface area contributed by atoms with Gasteiger partial charge in [0.05, 0.1) is 5.02 Å². The molecule has 0 unspecified atom stereocenters. The average molecular weight is 295 g/mol. The minimum absolute atomic E-state index is 0.456. The normalized spacial score (nSPS) is 10.5. The first-order valence-electron chi connectivity index (χ1n) is 6.13. The van der Waals surface area contributed by atoms with Gasteiger partial charge < -0.3 is 4.74 Å². The second-order valence-electron chi connectivity index (χ2n) is 4.61. The lowest BCUT2D eigenvalue weighted by atomic mass is 10.1. The van der Waals surface area contributed by atoms with Gasteiger partial charge in [-0.05, 0) is 48.2 Å². The van der Waals surface area contributed by atoms with Crippen molar-refractivity contribution in [2.45, 2.75) is 26.3 Å². The Kier molecular flexibility index (Phi) is 4.73. The molecule has 0 spiro atoms. The van der Waals surface area contributed by atoms with Crippen molar-refractivity contribution in [1.82, 2.24) is 0 Å². The fraction of sp³-hybridized carbons (Fsp3) is 0.250. The van der Waals surface area contributed by atoms with Gasteiger partial charge in [0.15, 0.2) is 0 Å². The maximum atomic E-state index is 6.15. The van der Waals surface area contributed by atoms with E-state index in [1.54, 1.807) is 0 Å². The van der Waals surface area contributed by atoms with Crippen LogP contribution in [0, 0.1) is 13.8 Å². The first kappa shape index (κ1) is 14.2. The van der Waals surface area contributed by atoms with Crippen molar-refractivity contribution in [2.75, 3.05) is 0 Å². The second kappa shape index (κ2) is 6.31. The Morgan fingerprint density at radius 3 is 2.32 bits per heavy atom. The highest BCUT2D eigenvalue weighted by Gasteiger charge is 2.04. The van der Waals surface area contributed by atoms with Crippen molar-refractivity contribution in [1.29, 1.82) is 0 Å². The summed E-state index contributed by atoms with van der Waals surface area (Å²) < 4.78 is 5.74. The van der Waals surface area contributed by atoms with Crippen LogP contribution >= 0.6 is 23.2 Å². The Balaban J connectivity index is 2.07. The summed E-state index contributed by atoms with van der Waals surface area (Å²) in [5.74, 6) is 1.14. The molecule has 0 saturated heterocycles.